The number of hydrogen-bond donors (Lipinski definition) is 1. The fourth-order valence-electron chi connectivity index (χ4n) is 3.36. The van der Waals surface area contributed by atoms with Crippen LogP contribution < -0.4 is 4.90 Å². The monoisotopic (exact) mass is 258 g/mol. The highest BCUT2D eigenvalue weighted by molar-refractivity contribution is 5.87. The average molecular weight is 258 g/mol. The molecular formula is C14H18N4O. The number of rotatable bonds is 1. The van der Waals surface area contributed by atoms with Crippen molar-refractivity contribution >= 4 is 16.9 Å². The largest absolute Gasteiger partial charge is 0.381 e. The summed E-state index contributed by atoms with van der Waals surface area (Å²) in [5.74, 6) is 1.90. The van der Waals surface area contributed by atoms with Gasteiger partial charge in [-0.2, -0.15) is 0 Å². The molecule has 2 aliphatic heterocycles. The number of hydrogen-bond acceptors (Lipinski definition) is 4. The summed E-state index contributed by atoms with van der Waals surface area (Å²) in [6.45, 7) is 5.90. The topological polar surface area (TPSA) is 54.0 Å². The van der Waals surface area contributed by atoms with Crippen LogP contribution >= 0.6 is 0 Å². The van der Waals surface area contributed by atoms with Crippen LogP contribution in [0.4, 0.5) is 5.82 Å². The van der Waals surface area contributed by atoms with E-state index in [2.05, 4.69) is 25.9 Å². The molecule has 5 heteroatoms. The molecule has 1 N–H and O–H groups in total. The first-order valence-corrected chi connectivity index (χ1v) is 6.90. The Hall–Kier alpha value is -1.62. The van der Waals surface area contributed by atoms with Gasteiger partial charge in [0.2, 0.25) is 0 Å². The van der Waals surface area contributed by atoms with Crippen molar-refractivity contribution in [1.82, 2.24) is 15.0 Å². The lowest BCUT2D eigenvalue weighted by Gasteiger charge is -2.23. The molecular weight excluding hydrogens is 240 g/mol. The standard InChI is InChI=1S/C14H18N4O/c1-10-16-12-11(2-5-15-12)13(17-10)18-6-3-14(8-18)4-7-19-9-14/h2,5H,3-4,6-9H2,1H3,(H,15,16,17)/t14-/m0/s1. The number of anilines is 1. The summed E-state index contributed by atoms with van der Waals surface area (Å²) in [6, 6.07) is 2.07. The molecule has 0 radical (unpaired) electrons. The second kappa shape index (κ2) is 3.93. The van der Waals surface area contributed by atoms with Gasteiger partial charge in [-0.3, -0.25) is 0 Å². The Morgan fingerprint density at radius 2 is 2.32 bits per heavy atom. The minimum atomic E-state index is 0.363. The van der Waals surface area contributed by atoms with Gasteiger partial charge in [-0.05, 0) is 25.8 Å². The van der Waals surface area contributed by atoms with Crippen molar-refractivity contribution in [3.05, 3.63) is 18.1 Å². The highest BCUT2D eigenvalue weighted by Gasteiger charge is 2.42. The summed E-state index contributed by atoms with van der Waals surface area (Å²) in [6.07, 6.45) is 4.33. The number of H-pyrrole nitrogens is 1. The van der Waals surface area contributed by atoms with E-state index in [1.165, 1.54) is 12.8 Å². The van der Waals surface area contributed by atoms with E-state index >= 15 is 0 Å². The van der Waals surface area contributed by atoms with Gasteiger partial charge < -0.3 is 14.6 Å². The third-order valence-electron chi connectivity index (χ3n) is 4.43. The van der Waals surface area contributed by atoms with Gasteiger partial charge in [-0.15, -0.1) is 0 Å². The van der Waals surface area contributed by atoms with E-state index in [0.29, 0.717) is 5.41 Å². The highest BCUT2D eigenvalue weighted by Crippen LogP contribution is 2.40. The van der Waals surface area contributed by atoms with Crippen molar-refractivity contribution in [2.75, 3.05) is 31.2 Å². The van der Waals surface area contributed by atoms with E-state index in [-0.39, 0.29) is 0 Å². The molecule has 4 rings (SSSR count). The molecule has 0 bridgehead atoms. The zero-order chi connectivity index (χ0) is 12.9. The van der Waals surface area contributed by atoms with Crippen LogP contribution in [-0.4, -0.2) is 41.3 Å². The van der Waals surface area contributed by atoms with E-state index in [1.54, 1.807) is 0 Å². The lowest BCUT2D eigenvalue weighted by molar-refractivity contribution is 0.160. The van der Waals surface area contributed by atoms with Crippen molar-refractivity contribution in [3.63, 3.8) is 0 Å². The molecule has 4 heterocycles. The molecule has 0 aliphatic carbocycles. The van der Waals surface area contributed by atoms with Crippen LogP contribution in [0.25, 0.3) is 11.0 Å². The van der Waals surface area contributed by atoms with E-state index in [4.69, 9.17) is 4.74 Å². The van der Waals surface area contributed by atoms with Crippen LogP contribution in [0.2, 0.25) is 0 Å². The predicted octanol–water partition coefficient (Wildman–Crippen LogP) is 1.88. The molecule has 2 aromatic heterocycles. The molecule has 2 saturated heterocycles. The number of ether oxygens (including phenoxy) is 1. The Morgan fingerprint density at radius 3 is 3.16 bits per heavy atom. The molecule has 0 amide bonds. The summed E-state index contributed by atoms with van der Waals surface area (Å²) >= 11 is 0. The van der Waals surface area contributed by atoms with Crippen LogP contribution in [0.15, 0.2) is 12.3 Å². The Balaban J connectivity index is 1.73. The maximum atomic E-state index is 5.60. The second-order valence-corrected chi connectivity index (χ2v) is 5.81. The molecule has 5 nitrogen and oxygen atoms in total. The van der Waals surface area contributed by atoms with E-state index in [0.717, 1.165) is 49.0 Å². The second-order valence-electron chi connectivity index (χ2n) is 5.81. The van der Waals surface area contributed by atoms with E-state index < -0.39 is 0 Å². The molecule has 2 aromatic rings. The fraction of sp³-hybridized carbons (Fsp3) is 0.571. The summed E-state index contributed by atoms with van der Waals surface area (Å²) in [5.41, 5.74) is 1.30. The van der Waals surface area contributed by atoms with Crippen LogP contribution in [0.5, 0.6) is 0 Å². The molecule has 2 fully saturated rings. The van der Waals surface area contributed by atoms with Gasteiger partial charge in [-0.25, -0.2) is 9.97 Å². The smallest absolute Gasteiger partial charge is 0.143 e. The first-order chi connectivity index (χ1) is 9.26. The summed E-state index contributed by atoms with van der Waals surface area (Å²) in [4.78, 5) is 14.7. The van der Waals surface area contributed by atoms with Gasteiger partial charge >= 0.3 is 0 Å². The molecule has 1 spiro atoms. The van der Waals surface area contributed by atoms with Crippen molar-refractivity contribution in [2.45, 2.75) is 19.8 Å². The quantitative estimate of drug-likeness (QED) is 0.848. The van der Waals surface area contributed by atoms with E-state index in [1.807, 2.05) is 13.1 Å². The van der Waals surface area contributed by atoms with Gasteiger partial charge in [0.1, 0.15) is 17.3 Å². The minimum absolute atomic E-state index is 0.363. The summed E-state index contributed by atoms with van der Waals surface area (Å²) in [5, 5.41) is 1.13. The average Bonchev–Trinajstić information content (AvgIpc) is 3.11. The molecule has 2 aliphatic rings. The highest BCUT2D eigenvalue weighted by atomic mass is 16.5. The van der Waals surface area contributed by atoms with Crippen LogP contribution in [0.1, 0.15) is 18.7 Å². The zero-order valence-electron chi connectivity index (χ0n) is 11.1. The molecule has 1 atom stereocenters. The number of aryl methyl sites for hydroxylation is 1. The summed E-state index contributed by atoms with van der Waals surface area (Å²) < 4.78 is 5.60. The first kappa shape index (κ1) is 11.2. The molecule has 0 unspecified atom stereocenters. The number of fused-ring (bicyclic) bond motifs is 1. The lowest BCUT2D eigenvalue weighted by Crippen LogP contribution is -2.28. The zero-order valence-corrected chi connectivity index (χ0v) is 11.1. The normalized spacial score (nSPS) is 26.9. The number of nitrogens with one attached hydrogen (secondary N) is 1. The predicted molar refractivity (Wildman–Crippen MR) is 73.3 cm³/mol. The van der Waals surface area contributed by atoms with Crippen molar-refractivity contribution in [2.24, 2.45) is 5.41 Å². The third-order valence-corrected chi connectivity index (χ3v) is 4.43. The van der Waals surface area contributed by atoms with E-state index in [9.17, 15) is 0 Å². The van der Waals surface area contributed by atoms with Gasteiger partial charge in [0, 0.05) is 31.3 Å². The lowest BCUT2D eigenvalue weighted by atomic mass is 9.87. The number of nitrogens with zero attached hydrogens (tertiary/aromatic N) is 3. The maximum absolute atomic E-state index is 5.60. The van der Waals surface area contributed by atoms with Gasteiger partial charge in [0.25, 0.3) is 0 Å². The van der Waals surface area contributed by atoms with Gasteiger partial charge in [0.05, 0.1) is 12.0 Å². The fourth-order valence-corrected chi connectivity index (χ4v) is 3.36. The van der Waals surface area contributed by atoms with Gasteiger partial charge in [0.15, 0.2) is 0 Å². The minimum Gasteiger partial charge on any atom is -0.381 e. The Morgan fingerprint density at radius 1 is 1.37 bits per heavy atom. The first-order valence-electron chi connectivity index (χ1n) is 6.90. The van der Waals surface area contributed by atoms with Crippen LogP contribution in [0.3, 0.4) is 0 Å². The van der Waals surface area contributed by atoms with Crippen LogP contribution in [-0.2, 0) is 4.74 Å². The molecule has 0 saturated carbocycles. The van der Waals surface area contributed by atoms with Crippen molar-refractivity contribution in [3.8, 4) is 0 Å². The SMILES string of the molecule is Cc1nc(N2CC[C@]3(CCOC3)C2)c2cc[nH]c2n1. The van der Waals surface area contributed by atoms with Crippen molar-refractivity contribution in [1.29, 1.82) is 0 Å². The Labute approximate surface area is 112 Å². The Bertz CT molecular complexity index is 615. The maximum Gasteiger partial charge on any atom is 0.143 e. The number of aromatic amines is 1. The molecule has 0 aromatic carbocycles. The van der Waals surface area contributed by atoms with Gasteiger partial charge in [-0.1, -0.05) is 0 Å². The molecule has 100 valence electrons. The number of aromatic nitrogens is 3. The van der Waals surface area contributed by atoms with Crippen molar-refractivity contribution < 1.29 is 4.74 Å². The third kappa shape index (κ3) is 1.72. The van der Waals surface area contributed by atoms with Crippen LogP contribution in [0, 0.1) is 12.3 Å². The Kier molecular flexibility index (Phi) is 2.33. The molecule has 19 heavy (non-hydrogen) atoms. The summed E-state index contributed by atoms with van der Waals surface area (Å²) in [7, 11) is 0.